The van der Waals surface area contributed by atoms with Crippen molar-refractivity contribution in [1.82, 2.24) is 14.8 Å². The van der Waals surface area contributed by atoms with Crippen molar-refractivity contribution in [2.75, 3.05) is 5.73 Å². The zero-order chi connectivity index (χ0) is 14.2. The summed E-state index contributed by atoms with van der Waals surface area (Å²) in [5.74, 6) is -1.07. The van der Waals surface area contributed by atoms with Gasteiger partial charge in [0.1, 0.15) is 5.56 Å². The van der Waals surface area contributed by atoms with Gasteiger partial charge in [0, 0.05) is 6.54 Å². The molecule has 0 amide bonds. The van der Waals surface area contributed by atoms with Crippen LogP contribution >= 0.6 is 0 Å². The molecule has 3 N–H and O–H groups in total. The largest absolute Gasteiger partial charge is 0.478 e. The van der Waals surface area contributed by atoms with Crippen LogP contribution in [0.1, 0.15) is 29.4 Å². The average molecular weight is 260 g/mol. The maximum absolute atomic E-state index is 11.1. The fourth-order valence-electron chi connectivity index (χ4n) is 1.96. The Morgan fingerprint density at radius 2 is 2.26 bits per heavy atom. The molecular formula is C13H16N4O2. The third-order valence-electron chi connectivity index (χ3n) is 2.97. The minimum atomic E-state index is -1.07. The van der Waals surface area contributed by atoms with E-state index in [9.17, 15) is 4.79 Å². The molecule has 0 aromatic carbocycles. The number of rotatable bonds is 4. The summed E-state index contributed by atoms with van der Waals surface area (Å²) in [7, 11) is 0. The van der Waals surface area contributed by atoms with Crippen molar-refractivity contribution in [3.63, 3.8) is 0 Å². The molecule has 2 aromatic heterocycles. The van der Waals surface area contributed by atoms with E-state index in [2.05, 4.69) is 16.7 Å². The molecule has 0 unspecified atom stereocenters. The lowest BCUT2D eigenvalue weighted by molar-refractivity contribution is 0.0697. The first-order valence-corrected chi connectivity index (χ1v) is 5.91. The molecule has 0 bridgehead atoms. The fourth-order valence-corrected chi connectivity index (χ4v) is 1.96. The first-order chi connectivity index (χ1) is 8.91. The minimum Gasteiger partial charge on any atom is -0.478 e. The lowest BCUT2D eigenvalue weighted by Gasteiger charge is -2.07. The molecule has 2 rings (SSSR count). The lowest BCUT2D eigenvalue weighted by atomic mass is 10.1. The highest BCUT2D eigenvalue weighted by molar-refractivity contribution is 6.03. The highest BCUT2D eigenvalue weighted by Crippen LogP contribution is 2.25. The number of carboxylic acid groups (broad SMARTS) is 1. The lowest BCUT2D eigenvalue weighted by Crippen LogP contribution is -2.09. The van der Waals surface area contributed by atoms with Crippen molar-refractivity contribution in [3.8, 4) is 0 Å². The molecule has 0 aliphatic rings. The van der Waals surface area contributed by atoms with Gasteiger partial charge in [-0.25, -0.2) is 14.5 Å². The molecule has 2 heterocycles. The van der Waals surface area contributed by atoms with Crippen LogP contribution in [0.25, 0.3) is 11.0 Å². The number of pyridine rings is 1. The van der Waals surface area contributed by atoms with E-state index in [4.69, 9.17) is 10.8 Å². The van der Waals surface area contributed by atoms with Crippen LogP contribution in [-0.2, 0) is 6.54 Å². The third-order valence-corrected chi connectivity index (χ3v) is 2.97. The molecule has 19 heavy (non-hydrogen) atoms. The van der Waals surface area contributed by atoms with Gasteiger partial charge < -0.3 is 10.8 Å². The normalized spacial score (nSPS) is 10.8. The summed E-state index contributed by atoms with van der Waals surface area (Å²) < 4.78 is 1.72. The Bertz CT molecular complexity index is 673. The summed E-state index contributed by atoms with van der Waals surface area (Å²) in [6, 6.07) is 0. The van der Waals surface area contributed by atoms with E-state index in [0.717, 1.165) is 12.0 Å². The topological polar surface area (TPSA) is 94.0 Å². The number of hydrogen-bond donors (Lipinski definition) is 2. The zero-order valence-corrected chi connectivity index (χ0v) is 11.0. The maximum atomic E-state index is 11.1. The summed E-state index contributed by atoms with van der Waals surface area (Å²) >= 11 is 0. The maximum Gasteiger partial charge on any atom is 0.339 e. The number of aryl methyl sites for hydroxylation is 2. The second-order valence-electron chi connectivity index (χ2n) is 4.60. The van der Waals surface area contributed by atoms with Gasteiger partial charge in [-0.05, 0) is 20.3 Å². The van der Waals surface area contributed by atoms with Crippen LogP contribution in [0.5, 0.6) is 0 Å². The van der Waals surface area contributed by atoms with Crippen LogP contribution in [0.4, 0.5) is 5.69 Å². The molecule has 6 heteroatoms. The van der Waals surface area contributed by atoms with E-state index in [-0.39, 0.29) is 11.3 Å². The first kappa shape index (κ1) is 13.1. The molecule has 0 aliphatic carbocycles. The molecule has 0 radical (unpaired) electrons. The van der Waals surface area contributed by atoms with E-state index < -0.39 is 5.97 Å². The highest BCUT2D eigenvalue weighted by Gasteiger charge is 2.18. The van der Waals surface area contributed by atoms with Gasteiger partial charge in [0.25, 0.3) is 0 Å². The summed E-state index contributed by atoms with van der Waals surface area (Å²) in [5, 5.41) is 13.9. The van der Waals surface area contributed by atoms with Crippen molar-refractivity contribution < 1.29 is 9.90 Å². The Kier molecular flexibility index (Phi) is 3.25. The fraction of sp³-hybridized carbons (Fsp3) is 0.308. The number of nitrogens with zero attached hydrogens (tertiary/aromatic N) is 3. The molecule has 0 aliphatic heterocycles. The van der Waals surface area contributed by atoms with E-state index >= 15 is 0 Å². The van der Waals surface area contributed by atoms with Crippen LogP contribution in [0.3, 0.4) is 0 Å². The number of nitrogens with two attached hydrogens (primary N) is 1. The second-order valence-corrected chi connectivity index (χ2v) is 4.60. The first-order valence-electron chi connectivity index (χ1n) is 5.91. The van der Waals surface area contributed by atoms with Crippen LogP contribution in [0.2, 0.25) is 0 Å². The molecule has 6 nitrogen and oxygen atoms in total. The van der Waals surface area contributed by atoms with Crippen molar-refractivity contribution in [2.24, 2.45) is 0 Å². The molecule has 0 spiro atoms. The quantitative estimate of drug-likeness (QED) is 0.820. The van der Waals surface area contributed by atoms with E-state index in [1.54, 1.807) is 17.8 Å². The van der Waals surface area contributed by atoms with E-state index in [1.165, 1.54) is 0 Å². The van der Waals surface area contributed by atoms with Gasteiger partial charge in [-0.1, -0.05) is 5.57 Å². The molecule has 0 atom stereocenters. The molecule has 2 aromatic rings. The van der Waals surface area contributed by atoms with Gasteiger partial charge in [0.2, 0.25) is 0 Å². The predicted molar refractivity (Wildman–Crippen MR) is 73.1 cm³/mol. The smallest absolute Gasteiger partial charge is 0.339 e. The number of nitrogen functional groups attached to an aromatic ring is 1. The van der Waals surface area contributed by atoms with E-state index in [1.807, 2.05) is 6.92 Å². The van der Waals surface area contributed by atoms with Crippen molar-refractivity contribution >= 4 is 22.7 Å². The van der Waals surface area contributed by atoms with Gasteiger partial charge in [-0.2, -0.15) is 5.10 Å². The third kappa shape index (κ3) is 2.29. The van der Waals surface area contributed by atoms with Crippen LogP contribution < -0.4 is 5.73 Å². The summed E-state index contributed by atoms with van der Waals surface area (Å²) in [6.45, 7) is 8.07. The molecule has 0 saturated carbocycles. The SMILES string of the molecule is C=C(C)CCn1ncc2c(N)c(C(=O)O)c(C)nc21. The van der Waals surface area contributed by atoms with Gasteiger partial charge >= 0.3 is 5.97 Å². The monoisotopic (exact) mass is 260 g/mol. The number of anilines is 1. The number of hydrogen-bond acceptors (Lipinski definition) is 4. The van der Waals surface area contributed by atoms with Gasteiger partial charge in [-0.3, -0.25) is 0 Å². The Morgan fingerprint density at radius 1 is 1.58 bits per heavy atom. The second kappa shape index (κ2) is 4.72. The Labute approximate surface area is 110 Å². The summed E-state index contributed by atoms with van der Waals surface area (Å²) in [5.41, 5.74) is 8.23. The van der Waals surface area contributed by atoms with Gasteiger partial charge in [0.05, 0.1) is 23.0 Å². The van der Waals surface area contributed by atoms with Gasteiger partial charge in [0.15, 0.2) is 5.65 Å². The van der Waals surface area contributed by atoms with Crippen LogP contribution in [-0.4, -0.2) is 25.8 Å². The molecule has 0 fully saturated rings. The Balaban J connectivity index is 2.56. The van der Waals surface area contributed by atoms with E-state index in [0.29, 0.717) is 23.3 Å². The molecular weight excluding hydrogens is 244 g/mol. The van der Waals surface area contributed by atoms with Crippen molar-refractivity contribution in [2.45, 2.75) is 26.8 Å². The number of aromatic nitrogens is 3. The average Bonchev–Trinajstić information content (AvgIpc) is 2.69. The molecule has 0 saturated heterocycles. The van der Waals surface area contributed by atoms with Crippen LogP contribution in [0.15, 0.2) is 18.3 Å². The van der Waals surface area contributed by atoms with Crippen molar-refractivity contribution in [3.05, 3.63) is 29.6 Å². The summed E-state index contributed by atoms with van der Waals surface area (Å²) in [6.07, 6.45) is 2.35. The highest BCUT2D eigenvalue weighted by atomic mass is 16.4. The number of aromatic carboxylic acids is 1. The minimum absolute atomic E-state index is 0.0481. The molecule has 100 valence electrons. The standard InChI is InChI=1S/C13H16N4O2/c1-7(2)4-5-17-12-9(6-15-17)11(14)10(13(18)19)8(3)16-12/h6H,1,4-5H2,2-3H3,(H2,14,16)(H,18,19). The van der Waals surface area contributed by atoms with Crippen molar-refractivity contribution in [1.29, 1.82) is 0 Å². The summed E-state index contributed by atoms with van der Waals surface area (Å²) in [4.78, 5) is 15.5. The van der Waals surface area contributed by atoms with Crippen LogP contribution in [0, 0.1) is 6.92 Å². The number of allylic oxidation sites excluding steroid dienone is 1. The Morgan fingerprint density at radius 3 is 2.84 bits per heavy atom. The van der Waals surface area contributed by atoms with Gasteiger partial charge in [-0.15, -0.1) is 6.58 Å². The Hall–Kier alpha value is -2.37. The zero-order valence-electron chi connectivity index (χ0n) is 11.0. The number of carbonyl (C=O) groups is 1. The number of carboxylic acids is 1. The number of fused-ring (bicyclic) bond motifs is 1. The predicted octanol–water partition coefficient (Wildman–Crippen LogP) is 1.99.